The van der Waals surface area contributed by atoms with Gasteiger partial charge in [0.1, 0.15) is 0 Å². The second kappa shape index (κ2) is 5.68. The lowest BCUT2D eigenvalue weighted by molar-refractivity contribution is 0.539. The van der Waals surface area contributed by atoms with E-state index in [-0.39, 0.29) is 0 Å². The van der Waals surface area contributed by atoms with E-state index in [1.165, 1.54) is 16.4 Å². The first-order valence-corrected chi connectivity index (χ1v) is 5.03. The quantitative estimate of drug-likeness (QED) is 0.573. The molecule has 4 heteroatoms. The van der Waals surface area contributed by atoms with Crippen LogP contribution in [0.4, 0.5) is 0 Å². The van der Waals surface area contributed by atoms with Crippen molar-refractivity contribution in [3.05, 3.63) is 11.1 Å². The standard InChI is InChI=1S/C9H13N3S/c1-3-4-5-6-8(10-2)9-7-11-12-13-9/h1,7-8,10H,4-6H2,2H3. The van der Waals surface area contributed by atoms with Crippen LogP contribution in [0.15, 0.2) is 6.20 Å². The van der Waals surface area contributed by atoms with Crippen molar-refractivity contribution in [2.24, 2.45) is 0 Å². The molecule has 0 radical (unpaired) electrons. The average molecular weight is 195 g/mol. The third kappa shape index (κ3) is 3.13. The van der Waals surface area contributed by atoms with E-state index in [4.69, 9.17) is 6.42 Å². The number of terminal acetylenes is 1. The topological polar surface area (TPSA) is 37.8 Å². The molecular formula is C9H13N3S. The van der Waals surface area contributed by atoms with Crippen LogP contribution in [0, 0.1) is 12.3 Å². The van der Waals surface area contributed by atoms with E-state index in [0.717, 1.165) is 19.3 Å². The van der Waals surface area contributed by atoms with Gasteiger partial charge in [-0.05, 0) is 31.4 Å². The van der Waals surface area contributed by atoms with Gasteiger partial charge in [-0.25, -0.2) is 0 Å². The average Bonchev–Trinajstić information content (AvgIpc) is 2.65. The second-order valence-electron chi connectivity index (χ2n) is 2.76. The number of unbranched alkanes of at least 4 members (excludes halogenated alkanes) is 1. The maximum absolute atomic E-state index is 5.18. The highest BCUT2D eigenvalue weighted by Crippen LogP contribution is 2.20. The summed E-state index contributed by atoms with van der Waals surface area (Å²) in [6.45, 7) is 0. The zero-order chi connectivity index (χ0) is 9.52. The smallest absolute Gasteiger partial charge is 0.0669 e. The second-order valence-corrected chi connectivity index (χ2v) is 3.57. The molecule has 1 rings (SSSR count). The van der Waals surface area contributed by atoms with Crippen LogP contribution < -0.4 is 5.32 Å². The van der Waals surface area contributed by atoms with Crippen molar-refractivity contribution < 1.29 is 0 Å². The Morgan fingerprint density at radius 3 is 3.15 bits per heavy atom. The maximum atomic E-state index is 5.18. The zero-order valence-corrected chi connectivity index (χ0v) is 8.47. The first-order valence-electron chi connectivity index (χ1n) is 4.26. The largest absolute Gasteiger partial charge is 0.312 e. The fraction of sp³-hybridized carbons (Fsp3) is 0.556. The van der Waals surface area contributed by atoms with Gasteiger partial charge >= 0.3 is 0 Å². The van der Waals surface area contributed by atoms with Gasteiger partial charge in [-0.1, -0.05) is 4.49 Å². The van der Waals surface area contributed by atoms with Gasteiger partial charge in [0.2, 0.25) is 0 Å². The number of hydrogen-bond acceptors (Lipinski definition) is 4. The Balaban J connectivity index is 2.41. The first-order chi connectivity index (χ1) is 6.38. The normalized spacial score (nSPS) is 12.3. The van der Waals surface area contributed by atoms with E-state index >= 15 is 0 Å². The van der Waals surface area contributed by atoms with Crippen molar-refractivity contribution in [3.8, 4) is 12.3 Å². The summed E-state index contributed by atoms with van der Waals surface area (Å²) in [5.74, 6) is 2.64. The number of nitrogens with zero attached hydrogens (tertiary/aromatic N) is 2. The molecule has 0 fully saturated rings. The third-order valence-electron chi connectivity index (χ3n) is 1.88. The van der Waals surface area contributed by atoms with E-state index in [1.807, 2.05) is 13.2 Å². The lowest BCUT2D eigenvalue weighted by Gasteiger charge is -2.11. The molecule has 1 heterocycles. The molecule has 0 saturated heterocycles. The molecule has 1 aromatic rings. The molecule has 70 valence electrons. The molecule has 0 saturated carbocycles. The summed E-state index contributed by atoms with van der Waals surface area (Å²) >= 11 is 1.44. The van der Waals surface area contributed by atoms with Crippen LogP contribution in [-0.4, -0.2) is 16.6 Å². The summed E-state index contributed by atoms with van der Waals surface area (Å²) in [7, 11) is 1.94. The van der Waals surface area contributed by atoms with E-state index in [0.29, 0.717) is 6.04 Å². The van der Waals surface area contributed by atoms with E-state index in [2.05, 4.69) is 20.8 Å². The molecule has 1 N–H and O–H groups in total. The molecule has 0 bridgehead atoms. The number of aromatic nitrogens is 2. The van der Waals surface area contributed by atoms with Crippen LogP contribution in [0.5, 0.6) is 0 Å². The van der Waals surface area contributed by atoms with Gasteiger partial charge < -0.3 is 5.32 Å². The summed E-state index contributed by atoms with van der Waals surface area (Å²) < 4.78 is 3.83. The predicted octanol–water partition coefficient (Wildman–Crippen LogP) is 1.60. The lowest BCUT2D eigenvalue weighted by Crippen LogP contribution is -2.14. The Labute approximate surface area is 82.7 Å². The van der Waals surface area contributed by atoms with Crippen molar-refractivity contribution >= 4 is 11.5 Å². The summed E-state index contributed by atoms with van der Waals surface area (Å²) in [5.41, 5.74) is 0. The fourth-order valence-corrected chi connectivity index (χ4v) is 1.81. The van der Waals surface area contributed by atoms with Crippen LogP contribution in [0.1, 0.15) is 30.2 Å². The molecular weight excluding hydrogens is 182 g/mol. The molecule has 0 aromatic carbocycles. The van der Waals surface area contributed by atoms with Crippen LogP contribution in [0.3, 0.4) is 0 Å². The highest BCUT2D eigenvalue weighted by atomic mass is 32.1. The molecule has 0 spiro atoms. The van der Waals surface area contributed by atoms with Crippen molar-refractivity contribution in [1.29, 1.82) is 0 Å². The van der Waals surface area contributed by atoms with Crippen LogP contribution in [0.25, 0.3) is 0 Å². The minimum Gasteiger partial charge on any atom is -0.312 e. The number of nitrogens with one attached hydrogen (secondary N) is 1. The highest BCUT2D eigenvalue weighted by Gasteiger charge is 2.10. The maximum Gasteiger partial charge on any atom is 0.0669 e. The molecule has 13 heavy (non-hydrogen) atoms. The lowest BCUT2D eigenvalue weighted by atomic mass is 10.1. The molecule has 1 atom stereocenters. The molecule has 0 aliphatic heterocycles. The summed E-state index contributed by atoms with van der Waals surface area (Å²) in [4.78, 5) is 1.18. The Morgan fingerprint density at radius 1 is 1.77 bits per heavy atom. The van der Waals surface area contributed by atoms with E-state index in [9.17, 15) is 0 Å². The summed E-state index contributed by atoms with van der Waals surface area (Å²) in [6.07, 6.45) is 9.92. The molecule has 3 nitrogen and oxygen atoms in total. The van der Waals surface area contributed by atoms with Crippen LogP contribution in [0.2, 0.25) is 0 Å². The Morgan fingerprint density at radius 2 is 2.62 bits per heavy atom. The molecule has 0 aliphatic carbocycles. The van der Waals surface area contributed by atoms with Crippen LogP contribution in [-0.2, 0) is 0 Å². The number of rotatable bonds is 5. The Kier molecular flexibility index (Phi) is 4.44. The summed E-state index contributed by atoms with van der Waals surface area (Å²) in [6, 6.07) is 0.355. The van der Waals surface area contributed by atoms with Gasteiger partial charge in [0.15, 0.2) is 0 Å². The Hall–Kier alpha value is -0.920. The van der Waals surface area contributed by atoms with E-state index < -0.39 is 0 Å². The fourth-order valence-electron chi connectivity index (χ4n) is 1.17. The van der Waals surface area contributed by atoms with Gasteiger partial charge in [-0.3, -0.25) is 0 Å². The van der Waals surface area contributed by atoms with Crippen LogP contribution >= 0.6 is 11.5 Å². The first kappa shape index (κ1) is 10.2. The number of hydrogen-bond donors (Lipinski definition) is 1. The van der Waals surface area contributed by atoms with Gasteiger partial charge in [0.25, 0.3) is 0 Å². The van der Waals surface area contributed by atoms with Gasteiger partial charge in [-0.15, -0.1) is 17.4 Å². The molecule has 0 aliphatic rings. The zero-order valence-electron chi connectivity index (χ0n) is 7.66. The minimum absolute atomic E-state index is 0.355. The molecule has 1 aromatic heterocycles. The summed E-state index contributed by atoms with van der Waals surface area (Å²) in [5, 5.41) is 7.03. The monoisotopic (exact) mass is 195 g/mol. The third-order valence-corrected chi connectivity index (χ3v) is 2.66. The van der Waals surface area contributed by atoms with Crippen molar-refractivity contribution in [3.63, 3.8) is 0 Å². The van der Waals surface area contributed by atoms with Gasteiger partial charge in [0, 0.05) is 12.5 Å². The minimum atomic E-state index is 0.355. The van der Waals surface area contributed by atoms with Gasteiger partial charge in [0.05, 0.1) is 11.1 Å². The van der Waals surface area contributed by atoms with Crippen molar-refractivity contribution in [2.45, 2.75) is 25.3 Å². The highest BCUT2D eigenvalue weighted by molar-refractivity contribution is 7.05. The Bertz CT molecular complexity index is 263. The van der Waals surface area contributed by atoms with E-state index in [1.54, 1.807) is 0 Å². The van der Waals surface area contributed by atoms with Gasteiger partial charge in [-0.2, -0.15) is 0 Å². The predicted molar refractivity (Wildman–Crippen MR) is 54.4 cm³/mol. The van der Waals surface area contributed by atoms with Crippen molar-refractivity contribution in [1.82, 2.24) is 14.9 Å². The van der Waals surface area contributed by atoms with Crippen molar-refractivity contribution in [2.75, 3.05) is 7.05 Å². The molecule has 1 unspecified atom stereocenters. The molecule has 0 amide bonds. The SMILES string of the molecule is C#CCCCC(NC)c1cnns1.